The average molecular weight is 794 g/mol. The summed E-state index contributed by atoms with van der Waals surface area (Å²) in [6.07, 6.45) is 3.59. The number of hydrogen-bond acceptors (Lipinski definition) is 6. The monoisotopic (exact) mass is 793 g/mol. The molecule has 0 bridgehead atoms. The molecular formula is C56H35N5O. The van der Waals surface area contributed by atoms with Crippen LogP contribution in [0.5, 0.6) is 11.5 Å². The third-order valence-electron chi connectivity index (χ3n) is 12.1. The van der Waals surface area contributed by atoms with Crippen molar-refractivity contribution in [3.63, 3.8) is 0 Å². The Labute approximate surface area is 359 Å². The van der Waals surface area contributed by atoms with Crippen molar-refractivity contribution >= 4 is 0 Å². The average Bonchev–Trinajstić information content (AvgIpc) is 3.65. The lowest BCUT2D eigenvalue weighted by Crippen LogP contribution is -2.32. The summed E-state index contributed by atoms with van der Waals surface area (Å²) in [6.45, 7) is 0. The summed E-state index contributed by atoms with van der Waals surface area (Å²) in [5, 5.41) is 0. The second kappa shape index (κ2) is 14.4. The van der Waals surface area contributed by atoms with E-state index in [-0.39, 0.29) is 0 Å². The Kier molecular flexibility index (Phi) is 8.28. The van der Waals surface area contributed by atoms with E-state index in [1.807, 2.05) is 72.8 Å². The van der Waals surface area contributed by atoms with Gasteiger partial charge >= 0.3 is 0 Å². The van der Waals surface area contributed by atoms with Crippen molar-refractivity contribution in [3.05, 3.63) is 235 Å². The quantitative estimate of drug-likeness (QED) is 0.167. The van der Waals surface area contributed by atoms with Crippen LogP contribution >= 0.6 is 0 Å². The van der Waals surface area contributed by atoms with Gasteiger partial charge < -0.3 is 4.74 Å². The minimum absolute atomic E-state index is 0.639. The predicted octanol–water partition coefficient (Wildman–Crippen LogP) is 13.1. The molecule has 4 aromatic heterocycles. The first-order valence-corrected chi connectivity index (χ1v) is 20.7. The Balaban J connectivity index is 1.07. The zero-order valence-electron chi connectivity index (χ0n) is 33.4. The smallest absolute Gasteiger partial charge is 0.160 e. The van der Waals surface area contributed by atoms with Gasteiger partial charge in [-0.3, -0.25) is 9.97 Å². The third kappa shape index (κ3) is 5.76. The molecule has 6 nitrogen and oxygen atoms in total. The Morgan fingerprint density at radius 3 is 1.39 bits per heavy atom. The maximum atomic E-state index is 7.19. The summed E-state index contributed by atoms with van der Waals surface area (Å²) in [5.41, 5.74) is 16.1. The van der Waals surface area contributed by atoms with Crippen LogP contribution in [0.15, 0.2) is 213 Å². The third-order valence-corrected chi connectivity index (χ3v) is 12.1. The highest BCUT2D eigenvalue weighted by atomic mass is 16.5. The van der Waals surface area contributed by atoms with Crippen LogP contribution in [0.3, 0.4) is 0 Å². The van der Waals surface area contributed by atoms with E-state index in [1.54, 1.807) is 12.4 Å². The first-order valence-electron chi connectivity index (χ1n) is 20.7. The van der Waals surface area contributed by atoms with Gasteiger partial charge in [-0.2, -0.15) is 0 Å². The highest BCUT2D eigenvalue weighted by Gasteiger charge is 2.51. The van der Waals surface area contributed by atoms with Crippen LogP contribution < -0.4 is 4.74 Å². The van der Waals surface area contributed by atoms with Gasteiger partial charge in [0.15, 0.2) is 5.82 Å². The van der Waals surface area contributed by atoms with Crippen LogP contribution in [0.2, 0.25) is 0 Å². The molecule has 0 saturated heterocycles. The summed E-state index contributed by atoms with van der Waals surface area (Å²) in [6, 6.07) is 69.4. The molecule has 62 heavy (non-hydrogen) atoms. The normalized spacial score (nSPS) is 12.8. The molecule has 12 rings (SSSR count). The van der Waals surface area contributed by atoms with Gasteiger partial charge in [-0.1, -0.05) is 146 Å². The minimum atomic E-state index is -0.639. The van der Waals surface area contributed by atoms with Crippen molar-refractivity contribution < 1.29 is 4.74 Å². The van der Waals surface area contributed by atoms with Gasteiger partial charge in [-0.25, -0.2) is 15.0 Å². The zero-order chi connectivity index (χ0) is 41.0. The molecule has 0 unspecified atom stereocenters. The van der Waals surface area contributed by atoms with Crippen molar-refractivity contribution in [2.75, 3.05) is 0 Å². The van der Waals surface area contributed by atoms with Gasteiger partial charge in [0.05, 0.1) is 39.6 Å². The molecule has 0 radical (unpaired) electrons. The van der Waals surface area contributed by atoms with E-state index in [9.17, 15) is 0 Å². The molecule has 0 amide bonds. The van der Waals surface area contributed by atoms with E-state index in [1.165, 1.54) is 22.3 Å². The Morgan fingerprint density at radius 1 is 0.306 bits per heavy atom. The van der Waals surface area contributed by atoms with E-state index in [2.05, 4.69) is 137 Å². The molecule has 0 saturated carbocycles. The zero-order valence-corrected chi connectivity index (χ0v) is 33.4. The second-order valence-corrected chi connectivity index (χ2v) is 15.6. The first-order chi connectivity index (χ1) is 30.7. The molecule has 6 heteroatoms. The van der Waals surface area contributed by atoms with Crippen LogP contribution in [-0.4, -0.2) is 24.9 Å². The number of benzene rings is 6. The molecule has 5 heterocycles. The van der Waals surface area contributed by atoms with Crippen LogP contribution in [0.1, 0.15) is 22.3 Å². The molecule has 0 fully saturated rings. The molecule has 6 aromatic carbocycles. The summed E-state index contributed by atoms with van der Waals surface area (Å²) >= 11 is 0. The number of aromatic nitrogens is 5. The SMILES string of the molecule is c1ccc(-c2cc(-c3ccc4c(c3)Oc3cc(-c5cc(-c6ccccn6)nc(-c6ccccn6)c5)ccc3C43c4ccccc4-c4ccccc43)nc(-c3ccccc3)n2)cc1. The number of nitrogens with zero attached hydrogens (tertiary/aromatic N) is 5. The van der Waals surface area contributed by atoms with Gasteiger partial charge in [-0.05, 0) is 88.0 Å². The highest BCUT2D eigenvalue weighted by molar-refractivity contribution is 5.90. The largest absolute Gasteiger partial charge is 0.457 e. The Bertz CT molecular complexity index is 2980. The topological polar surface area (TPSA) is 73.7 Å². The fourth-order valence-corrected chi connectivity index (χ4v) is 9.31. The molecule has 290 valence electrons. The molecule has 1 spiro atoms. The number of fused-ring (bicyclic) bond motifs is 9. The standard InChI is InChI=1S/C56H35N5O/c1-3-15-36(16-4-1)49-35-50(61-55(60-49)37-17-5-2-6-18-37)39-26-28-46-54(34-39)62-53-33-38(25-27-45(53)56(46)43-21-9-7-19-41(43)42-20-8-10-22-44(42)56)40-31-51(47-23-11-13-29-57-47)59-52(32-40)48-24-12-14-30-58-48/h1-35H. The minimum Gasteiger partial charge on any atom is -0.457 e. The summed E-state index contributed by atoms with van der Waals surface area (Å²) < 4.78 is 7.19. The van der Waals surface area contributed by atoms with Crippen molar-refractivity contribution in [1.29, 1.82) is 0 Å². The maximum absolute atomic E-state index is 7.19. The van der Waals surface area contributed by atoms with E-state index in [0.29, 0.717) is 5.82 Å². The van der Waals surface area contributed by atoms with Crippen molar-refractivity contribution in [2.24, 2.45) is 0 Å². The van der Waals surface area contributed by atoms with Crippen LogP contribution in [0, 0.1) is 0 Å². The first kappa shape index (κ1) is 35.6. The lowest BCUT2D eigenvalue weighted by molar-refractivity contribution is 0.437. The Hall–Kier alpha value is -8.35. The van der Waals surface area contributed by atoms with Crippen molar-refractivity contribution in [2.45, 2.75) is 5.41 Å². The maximum Gasteiger partial charge on any atom is 0.160 e. The van der Waals surface area contributed by atoms with Crippen LogP contribution in [0.25, 0.3) is 78.9 Å². The molecule has 1 aliphatic carbocycles. The number of ether oxygens (including phenoxy) is 1. The fourth-order valence-electron chi connectivity index (χ4n) is 9.31. The molecule has 1 aliphatic heterocycles. The highest BCUT2D eigenvalue weighted by Crippen LogP contribution is 2.62. The molecular weight excluding hydrogens is 759 g/mol. The molecule has 10 aromatic rings. The van der Waals surface area contributed by atoms with E-state index in [4.69, 9.17) is 19.7 Å². The van der Waals surface area contributed by atoms with Gasteiger partial charge in [0.1, 0.15) is 11.5 Å². The van der Waals surface area contributed by atoms with Gasteiger partial charge in [0.2, 0.25) is 0 Å². The molecule has 2 aliphatic rings. The van der Waals surface area contributed by atoms with Crippen molar-refractivity contribution in [3.8, 4) is 90.4 Å². The summed E-state index contributed by atoms with van der Waals surface area (Å²) in [7, 11) is 0. The van der Waals surface area contributed by atoms with Crippen LogP contribution in [-0.2, 0) is 5.41 Å². The summed E-state index contributed by atoms with van der Waals surface area (Å²) in [5.74, 6) is 2.22. The second-order valence-electron chi connectivity index (χ2n) is 15.6. The van der Waals surface area contributed by atoms with E-state index < -0.39 is 5.41 Å². The number of pyridine rings is 3. The predicted molar refractivity (Wildman–Crippen MR) is 245 cm³/mol. The Morgan fingerprint density at radius 2 is 0.806 bits per heavy atom. The lowest BCUT2D eigenvalue weighted by Gasteiger charge is -2.39. The molecule has 0 N–H and O–H groups in total. The van der Waals surface area contributed by atoms with Gasteiger partial charge in [0, 0.05) is 40.2 Å². The number of rotatable bonds is 6. The summed E-state index contributed by atoms with van der Waals surface area (Å²) in [4.78, 5) is 24.6. The number of hydrogen-bond donors (Lipinski definition) is 0. The van der Waals surface area contributed by atoms with E-state index in [0.717, 1.165) is 84.6 Å². The van der Waals surface area contributed by atoms with Gasteiger partial charge in [-0.15, -0.1) is 0 Å². The lowest BCUT2D eigenvalue weighted by atomic mass is 9.66. The van der Waals surface area contributed by atoms with Gasteiger partial charge in [0.25, 0.3) is 0 Å². The van der Waals surface area contributed by atoms with Crippen molar-refractivity contribution in [1.82, 2.24) is 24.9 Å². The van der Waals surface area contributed by atoms with Crippen LogP contribution in [0.4, 0.5) is 0 Å². The van der Waals surface area contributed by atoms with E-state index >= 15 is 0 Å². The fraction of sp³-hybridized carbons (Fsp3) is 0.0179. The molecule has 0 atom stereocenters.